The lowest BCUT2D eigenvalue weighted by molar-refractivity contribution is -0.384. The molecule has 1 unspecified atom stereocenters. The largest absolute Gasteiger partial charge is 0.464 e. The van der Waals surface area contributed by atoms with E-state index >= 15 is 0 Å². The number of rotatable bonds is 6. The number of benzene rings is 1. The maximum Gasteiger partial charge on any atom is 0.329 e. The van der Waals surface area contributed by atoms with Crippen molar-refractivity contribution < 1.29 is 19.2 Å². The molecule has 1 aromatic carbocycles. The van der Waals surface area contributed by atoms with E-state index in [1.165, 1.54) is 12.1 Å². The van der Waals surface area contributed by atoms with Gasteiger partial charge in [-0.25, -0.2) is 4.79 Å². The van der Waals surface area contributed by atoms with Crippen LogP contribution in [0.1, 0.15) is 49.3 Å². The van der Waals surface area contributed by atoms with Crippen molar-refractivity contribution in [3.63, 3.8) is 0 Å². The summed E-state index contributed by atoms with van der Waals surface area (Å²) in [6.45, 7) is 6.03. The number of nitrogens with zero attached hydrogens (tertiary/aromatic N) is 2. The highest BCUT2D eigenvalue weighted by Crippen LogP contribution is 2.40. The van der Waals surface area contributed by atoms with Gasteiger partial charge in [-0.05, 0) is 42.5 Å². The highest BCUT2D eigenvalue weighted by molar-refractivity contribution is 7.80. The minimum absolute atomic E-state index is 0.0232. The van der Waals surface area contributed by atoms with Crippen LogP contribution in [0.25, 0.3) is 11.3 Å². The van der Waals surface area contributed by atoms with Gasteiger partial charge in [-0.2, -0.15) is 12.6 Å². The van der Waals surface area contributed by atoms with Crippen LogP contribution in [-0.2, 0) is 16.0 Å². The molecule has 1 atom stereocenters. The number of aromatic nitrogens is 1. The van der Waals surface area contributed by atoms with Crippen molar-refractivity contribution in [2.24, 2.45) is 5.41 Å². The van der Waals surface area contributed by atoms with Gasteiger partial charge < -0.3 is 9.30 Å². The molecule has 1 aliphatic rings. The molecule has 0 amide bonds. The molecule has 0 saturated heterocycles. The Morgan fingerprint density at radius 1 is 1.31 bits per heavy atom. The Labute approximate surface area is 174 Å². The lowest BCUT2D eigenvalue weighted by Gasteiger charge is -2.31. The summed E-state index contributed by atoms with van der Waals surface area (Å²) < 4.78 is 7.08. The van der Waals surface area contributed by atoms with E-state index in [9.17, 15) is 19.7 Å². The summed E-state index contributed by atoms with van der Waals surface area (Å²) in [6.07, 6.45) is 1.05. The molecule has 1 aromatic heterocycles. The van der Waals surface area contributed by atoms with Crippen LogP contribution in [-0.4, -0.2) is 33.6 Å². The summed E-state index contributed by atoms with van der Waals surface area (Å²) >= 11 is 4.37. The Bertz CT molecular complexity index is 962. The Morgan fingerprint density at radius 3 is 2.52 bits per heavy atom. The third-order valence-electron chi connectivity index (χ3n) is 5.14. The highest BCUT2D eigenvalue weighted by Gasteiger charge is 2.37. The van der Waals surface area contributed by atoms with Crippen LogP contribution in [0, 0.1) is 15.5 Å². The molecule has 3 rings (SSSR count). The van der Waals surface area contributed by atoms with Crippen molar-refractivity contribution in [1.82, 2.24) is 4.57 Å². The summed E-state index contributed by atoms with van der Waals surface area (Å²) in [4.78, 5) is 36.0. The van der Waals surface area contributed by atoms with Gasteiger partial charge in [-0.1, -0.05) is 13.8 Å². The minimum Gasteiger partial charge on any atom is -0.464 e. The standard InChI is InChI=1S/C21H24N2O5S/c1-4-28-20(25)18(12-29)22-16(13-5-7-14(8-6-13)23(26)27)9-15-17(22)10-21(2,3)11-19(15)24/h5-9,18,29H,4,10-12H2,1-3H3. The molecule has 8 heteroatoms. The third-order valence-corrected chi connectivity index (χ3v) is 5.49. The van der Waals surface area contributed by atoms with Gasteiger partial charge in [0.1, 0.15) is 6.04 Å². The maximum atomic E-state index is 12.8. The number of esters is 1. The van der Waals surface area contributed by atoms with Gasteiger partial charge in [0.05, 0.1) is 11.5 Å². The van der Waals surface area contributed by atoms with Crippen molar-refractivity contribution in [2.75, 3.05) is 12.4 Å². The topological polar surface area (TPSA) is 91.4 Å². The van der Waals surface area contributed by atoms with Gasteiger partial charge in [-0.3, -0.25) is 14.9 Å². The fourth-order valence-corrected chi connectivity index (χ4v) is 4.18. The summed E-state index contributed by atoms with van der Waals surface area (Å²) in [5, 5.41) is 11.0. The number of fused-ring (bicyclic) bond motifs is 1. The van der Waals surface area contributed by atoms with Crippen LogP contribution in [0.2, 0.25) is 0 Å². The van der Waals surface area contributed by atoms with E-state index < -0.39 is 16.9 Å². The molecule has 0 radical (unpaired) electrons. The lowest BCUT2D eigenvalue weighted by atomic mass is 9.76. The first-order valence-electron chi connectivity index (χ1n) is 9.48. The SMILES string of the molecule is CCOC(=O)C(CS)n1c(-c2ccc([N+](=O)[O-])cc2)cc2c1CC(C)(C)CC2=O. The number of hydrogen-bond donors (Lipinski definition) is 1. The van der Waals surface area contributed by atoms with E-state index in [1.807, 2.05) is 18.4 Å². The Balaban J connectivity index is 2.21. The first-order valence-corrected chi connectivity index (χ1v) is 10.1. The average molecular weight is 416 g/mol. The number of ketones is 1. The zero-order chi connectivity index (χ0) is 21.3. The van der Waals surface area contributed by atoms with Gasteiger partial charge in [0, 0.05) is 41.3 Å². The van der Waals surface area contributed by atoms with E-state index in [4.69, 9.17) is 4.74 Å². The van der Waals surface area contributed by atoms with Crippen LogP contribution in [0.5, 0.6) is 0 Å². The molecule has 2 aromatic rings. The van der Waals surface area contributed by atoms with Gasteiger partial charge in [0.2, 0.25) is 0 Å². The van der Waals surface area contributed by atoms with Gasteiger partial charge >= 0.3 is 5.97 Å². The number of ether oxygens (including phenoxy) is 1. The molecule has 7 nitrogen and oxygen atoms in total. The molecule has 0 aliphatic heterocycles. The predicted molar refractivity (Wildman–Crippen MR) is 112 cm³/mol. The molecule has 29 heavy (non-hydrogen) atoms. The molecule has 0 N–H and O–H groups in total. The monoisotopic (exact) mass is 416 g/mol. The number of nitro benzene ring substituents is 1. The molecule has 154 valence electrons. The van der Waals surface area contributed by atoms with Gasteiger partial charge in [0.15, 0.2) is 5.78 Å². The number of hydrogen-bond acceptors (Lipinski definition) is 6. The molecule has 0 bridgehead atoms. The van der Waals surface area contributed by atoms with Crippen LogP contribution in [0.4, 0.5) is 5.69 Å². The van der Waals surface area contributed by atoms with Crippen molar-refractivity contribution in [2.45, 2.75) is 39.7 Å². The number of Topliss-reactive ketones (excluding diaryl/α,β-unsaturated/α-hetero) is 1. The van der Waals surface area contributed by atoms with E-state index in [1.54, 1.807) is 25.1 Å². The maximum absolute atomic E-state index is 12.8. The summed E-state index contributed by atoms with van der Waals surface area (Å²) in [5.41, 5.74) is 2.46. The van der Waals surface area contributed by atoms with Crippen molar-refractivity contribution in [3.8, 4) is 11.3 Å². The zero-order valence-corrected chi connectivity index (χ0v) is 17.6. The Hall–Kier alpha value is -2.61. The van der Waals surface area contributed by atoms with E-state index in [-0.39, 0.29) is 29.2 Å². The first-order chi connectivity index (χ1) is 13.7. The van der Waals surface area contributed by atoms with Crippen molar-refractivity contribution in [3.05, 3.63) is 51.7 Å². The Kier molecular flexibility index (Phi) is 5.84. The number of carbonyl (C=O) groups excluding carboxylic acids is 2. The predicted octanol–water partition coefficient (Wildman–Crippen LogP) is 4.25. The second-order valence-electron chi connectivity index (χ2n) is 7.96. The average Bonchev–Trinajstić information content (AvgIpc) is 3.01. The van der Waals surface area contributed by atoms with Crippen LogP contribution < -0.4 is 0 Å². The van der Waals surface area contributed by atoms with E-state index in [0.717, 1.165) is 5.69 Å². The summed E-state index contributed by atoms with van der Waals surface area (Å²) in [7, 11) is 0. The number of thiol groups is 1. The molecule has 0 fully saturated rings. The fourth-order valence-electron chi connectivity index (χ4n) is 3.86. The van der Waals surface area contributed by atoms with E-state index in [0.29, 0.717) is 29.7 Å². The molecule has 0 spiro atoms. The smallest absolute Gasteiger partial charge is 0.329 e. The van der Waals surface area contributed by atoms with E-state index in [2.05, 4.69) is 12.6 Å². The quantitative estimate of drug-likeness (QED) is 0.329. The second kappa shape index (κ2) is 8.02. The van der Waals surface area contributed by atoms with Crippen molar-refractivity contribution >= 4 is 30.1 Å². The molecular formula is C21H24N2O5S. The van der Waals surface area contributed by atoms with Gasteiger partial charge in [-0.15, -0.1) is 0 Å². The first kappa shape index (κ1) is 21.1. The van der Waals surface area contributed by atoms with Crippen LogP contribution in [0.15, 0.2) is 30.3 Å². The van der Waals surface area contributed by atoms with Gasteiger partial charge in [0.25, 0.3) is 5.69 Å². The molecular weight excluding hydrogens is 392 g/mol. The summed E-state index contributed by atoms with van der Waals surface area (Å²) in [5.74, 6) is -0.186. The summed E-state index contributed by atoms with van der Waals surface area (Å²) in [6, 6.07) is 7.17. The van der Waals surface area contributed by atoms with Crippen LogP contribution >= 0.6 is 12.6 Å². The molecule has 1 aliphatic carbocycles. The number of nitro groups is 1. The molecule has 0 saturated carbocycles. The number of carbonyl (C=O) groups is 2. The number of non-ortho nitro benzene ring substituents is 1. The molecule has 1 heterocycles. The normalized spacial score (nSPS) is 16.2. The Morgan fingerprint density at radius 2 is 1.97 bits per heavy atom. The minimum atomic E-state index is -0.700. The lowest BCUT2D eigenvalue weighted by Crippen LogP contribution is -2.31. The van der Waals surface area contributed by atoms with Crippen LogP contribution in [0.3, 0.4) is 0 Å². The fraction of sp³-hybridized carbons (Fsp3) is 0.429. The third kappa shape index (κ3) is 4.07. The second-order valence-corrected chi connectivity index (χ2v) is 8.32. The highest BCUT2D eigenvalue weighted by atomic mass is 32.1. The zero-order valence-electron chi connectivity index (χ0n) is 16.7. The van der Waals surface area contributed by atoms with Crippen molar-refractivity contribution in [1.29, 1.82) is 0 Å².